The molecule has 9 nitrogen and oxygen atoms in total. The zero-order valence-electron chi connectivity index (χ0n) is 16.1. The van der Waals surface area contributed by atoms with Gasteiger partial charge in [0.25, 0.3) is 0 Å². The molecule has 3 aromatic rings. The van der Waals surface area contributed by atoms with Gasteiger partial charge >= 0.3 is 0 Å². The number of benzene rings is 1. The lowest BCUT2D eigenvalue weighted by molar-refractivity contribution is -0.122. The van der Waals surface area contributed by atoms with Crippen LogP contribution in [0.25, 0.3) is 11.0 Å². The third kappa shape index (κ3) is 4.28. The van der Waals surface area contributed by atoms with Gasteiger partial charge in [0.1, 0.15) is 18.9 Å². The summed E-state index contributed by atoms with van der Waals surface area (Å²) in [6, 6.07) is 7.67. The Morgan fingerprint density at radius 3 is 2.93 bits per heavy atom. The number of aromatic nitrogens is 4. The molecule has 10 heteroatoms. The van der Waals surface area contributed by atoms with Crippen molar-refractivity contribution in [1.29, 1.82) is 0 Å². The second kappa shape index (κ2) is 8.66. The summed E-state index contributed by atoms with van der Waals surface area (Å²) in [4.78, 5) is 29.3. The SMILES string of the molecule is COCCNC(=O)Cn1nc2c(c1NC(=O)Cn1cnc3ccccc31)CSC2. The highest BCUT2D eigenvalue weighted by atomic mass is 32.2. The average molecular weight is 414 g/mol. The number of hydrogen-bond donors (Lipinski definition) is 2. The molecule has 0 spiro atoms. The van der Waals surface area contributed by atoms with Crippen LogP contribution in [-0.2, 0) is 38.9 Å². The number of amides is 2. The topological polar surface area (TPSA) is 103 Å². The van der Waals surface area contributed by atoms with Gasteiger partial charge in [-0.2, -0.15) is 16.9 Å². The second-order valence-corrected chi connectivity index (χ2v) is 7.66. The number of carbonyl (C=O) groups is 2. The van der Waals surface area contributed by atoms with Gasteiger partial charge in [0, 0.05) is 30.7 Å². The van der Waals surface area contributed by atoms with Crippen molar-refractivity contribution in [1.82, 2.24) is 24.6 Å². The fourth-order valence-electron chi connectivity index (χ4n) is 3.27. The van der Waals surface area contributed by atoms with Gasteiger partial charge in [-0.3, -0.25) is 9.59 Å². The Hall–Kier alpha value is -2.85. The maximum atomic E-state index is 12.7. The molecule has 2 aromatic heterocycles. The van der Waals surface area contributed by atoms with Crippen LogP contribution in [0.15, 0.2) is 30.6 Å². The Bertz CT molecular complexity index is 1040. The van der Waals surface area contributed by atoms with Crippen LogP contribution in [0.5, 0.6) is 0 Å². The molecule has 152 valence electrons. The standard InChI is InChI=1S/C19H22N6O3S/c1-28-7-6-20-17(26)9-25-19(13-10-29-11-15(13)23-25)22-18(27)8-24-12-21-14-4-2-3-5-16(14)24/h2-5,12H,6-11H2,1H3,(H,20,26)(H,22,27). The molecule has 4 rings (SSSR count). The number of para-hydroxylation sites is 2. The summed E-state index contributed by atoms with van der Waals surface area (Å²) in [5.74, 6) is 1.79. The Labute approximate surface area is 171 Å². The summed E-state index contributed by atoms with van der Waals surface area (Å²) in [6.45, 7) is 1.06. The number of carbonyl (C=O) groups excluding carboxylic acids is 2. The maximum absolute atomic E-state index is 12.7. The van der Waals surface area contributed by atoms with Gasteiger partial charge in [0.2, 0.25) is 11.8 Å². The molecule has 0 saturated heterocycles. The van der Waals surface area contributed by atoms with Crippen LogP contribution in [-0.4, -0.2) is 51.4 Å². The molecule has 0 atom stereocenters. The summed E-state index contributed by atoms with van der Waals surface area (Å²) in [5.41, 5.74) is 3.65. The Balaban J connectivity index is 1.48. The number of ether oxygens (including phenoxy) is 1. The largest absolute Gasteiger partial charge is 0.383 e. The van der Waals surface area contributed by atoms with E-state index in [1.165, 1.54) is 0 Å². The van der Waals surface area contributed by atoms with Crippen LogP contribution in [0.3, 0.4) is 0 Å². The van der Waals surface area contributed by atoms with Crippen LogP contribution in [0.4, 0.5) is 5.82 Å². The van der Waals surface area contributed by atoms with E-state index in [4.69, 9.17) is 4.74 Å². The molecule has 0 bridgehead atoms. The van der Waals surface area contributed by atoms with E-state index in [1.807, 2.05) is 24.3 Å². The van der Waals surface area contributed by atoms with Crippen LogP contribution < -0.4 is 10.6 Å². The van der Waals surface area contributed by atoms with Crippen molar-refractivity contribution in [2.24, 2.45) is 0 Å². The summed E-state index contributed by atoms with van der Waals surface area (Å²) in [7, 11) is 1.58. The van der Waals surface area contributed by atoms with Crippen molar-refractivity contribution in [2.75, 3.05) is 25.6 Å². The first kappa shape index (κ1) is 19.5. The van der Waals surface area contributed by atoms with Gasteiger partial charge in [-0.15, -0.1) is 0 Å². The van der Waals surface area contributed by atoms with Crippen molar-refractivity contribution in [3.63, 3.8) is 0 Å². The number of nitrogens with zero attached hydrogens (tertiary/aromatic N) is 4. The zero-order chi connectivity index (χ0) is 20.2. The van der Waals surface area contributed by atoms with E-state index in [-0.39, 0.29) is 24.9 Å². The molecular weight excluding hydrogens is 392 g/mol. The first-order valence-corrected chi connectivity index (χ1v) is 10.4. The molecule has 1 aromatic carbocycles. The number of hydrogen-bond acceptors (Lipinski definition) is 6. The third-order valence-electron chi connectivity index (χ3n) is 4.64. The van der Waals surface area contributed by atoms with Crippen molar-refractivity contribution in [3.8, 4) is 0 Å². The minimum Gasteiger partial charge on any atom is -0.383 e. The first-order chi connectivity index (χ1) is 14.2. The van der Waals surface area contributed by atoms with E-state index < -0.39 is 0 Å². The highest BCUT2D eigenvalue weighted by molar-refractivity contribution is 7.98. The Morgan fingerprint density at radius 1 is 1.21 bits per heavy atom. The predicted molar refractivity (Wildman–Crippen MR) is 110 cm³/mol. The Kier molecular flexibility index (Phi) is 5.81. The van der Waals surface area contributed by atoms with Crippen molar-refractivity contribution < 1.29 is 14.3 Å². The molecule has 1 aliphatic rings. The number of rotatable bonds is 8. The monoisotopic (exact) mass is 414 g/mol. The normalized spacial score (nSPS) is 12.9. The fourth-order valence-corrected chi connectivity index (χ4v) is 4.30. The summed E-state index contributed by atoms with van der Waals surface area (Å²) >= 11 is 1.74. The lowest BCUT2D eigenvalue weighted by atomic mass is 10.3. The van der Waals surface area contributed by atoms with Crippen LogP contribution in [0.2, 0.25) is 0 Å². The van der Waals surface area contributed by atoms with Gasteiger partial charge in [0.15, 0.2) is 0 Å². The number of anilines is 1. The van der Waals surface area contributed by atoms with E-state index in [0.29, 0.717) is 19.0 Å². The highest BCUT2D eigenvalue weighted by Gasteiger charge is 2.25. The summed E-state index contributed by atoms with van der Waals surface area (Å²) < 4.78 is 8.33. The number of thioether (sulfide) groups is 1. The van der Waals surface area contributed by atoms with Crippen LogP contribution in [0.1, 0.15) is 11.3 Å². The van der Waals surface area contributed by atoms with Gasteiger partial charge < -0.3 is 19.9 Å². The highest BCUT2D eigenvalue weighted by Crippen LogP contribution is 2.34. The minimum atomic E-state index is -0.186. The molecule has 2 amide bonds. The fraction of sp³-hybridized carbons (Fsp3) is 0.368. The molecule has 2 N–H and O–H groups in total. The van der Waals surface area contributed by atoms with Gasteiger partial charge in [-0.25, -0.2) is 9.67 Å². The van der Waals surface area contributed by atoms with Crippen LogP contribution >= 0.6 is 11.8 Å². The van der Waals surface area contributed by atoms with Crippen molar-refractivity contribution >= 4 is 40.4 Å². The lowest BCUT2D eigenvalue weighted by Gasteiger charge is -2.12. The van der Waals surface area contributed by atoms with Crippen molar-refractivity contribution in [2.45, 2.75) is 24.6 Å². The quantitative estimate of drug-likeness (QED) is 0.540. The average Bonchev–Trinajstić information content (AvgIpc) is 3.40. The number of fused-ring (bicyclic) bond motifs is 2. The van der Waals surface area contributed by atoms with E-state index in [0.717, 1.165) is 33.8 Å². The smallest absolute Gasteiger partial charge is 0.245 e. The van der Waals surface area contributed by atoms with E-state index in [9.17, 15) is 9.59 Å². The number of imidazole rings is 1. The van der Waals surface area contributed by atoms with E-state index in [1.54, 1.807) is 34.4 Å². The number of methoxy groups -OCH3 is 1. The van der Waals surface area contributed by atoms with E-state index >= 15 is 0 Å². The van der Waals surface area contributed by atoms with Crippen LogP contribution in [0, 0.1) is 0 Å². The molecule has 0 fully saturated rings. The number of nitrogens with one attached hydrogen (secondary N) is 2. The second-order valence-electron chi connectivity index (χ2n) is 6.68. The molecular formula is C19H22N6O3S. The lowest BCUT2D eigenvalue weighted by Crippen LogP contribution is -2.31. The molecule has 0 aliphatic carbocycles. The van der Waals surface area contributed by atoms with Gasteiger partial charge in [-0.1, -0.05) is 12.1 Å². The molecule has 29 heavy (non-hydrogen) atoms. The first-order valence-electron chi connectivity index (χ1n) is 9.27. The summed E-state index contributed by atoms with van der Waals surface area (Å²) in [6.07, 6.45) is 1.66. The van der Waals surface area contributed by atoms with Crippen molar-refractivity contribution in [3.05, 3.63) is 41.9 Å². The molecule has 0 saturated carbocycles. The predicted octanol–water partition coefficient (Wildman–Crippen LogP) is 1.38. The summed E-state index contributed by atoms with van der Waals surface area (Å²) in [5, 5.41) is 10.3. The molecule has 0 radical (unpaired) electrons. The molecule has 3 heterocycles. The Morgan fingerprint density at radius 2 is 2.07 bits per heavy atom. The molecule has 0 unspecified atom stereocenters. The maximum Gasteiger partial charge on any atom is 0.245 e. The van der Waals surface area contributed by atoms with Gasteiger partial charge in [0.05, 0.1) is 29.7 Å². The minimum absolute atomic E-state index is 0.0466. The van der Waals surface area contributed by atoms with E-state index in [2.05, 4.69) is 20.7 Å². The molecule has 1 aliphatic heterocycles. The van der Waals surface area contributed by atoms with Gasteiger partial charge in [-0.05, 0) is 12.1 Å². The zero-order valence-corrected chi connectivity index (χ0v) is 16.9. The third-order valence-corrected chi connectivity index (χ3v) is 5.61.